The second-order valence-corrected chi connectivity index (χ2v) is 4.56. The summed E-state index contributed by atoms with van der Waals surface area (Å²) in [6, 6.07) is 9.75. The lowest BCUT2D eigenvalue weighted by Crippen LogP contribution is -2.15. The van der Waals surface area contributed by atoms with E-state index in [-0.39, 0.29) is 11.5 Å². The number of rotatable bonds is 3. The zero-order valence-electron chi connectivity index (χ0n) is 10.9. The van der Waals surface area contributed by atoms with Crippen molar-refractivity contribution in [2.75, 3.05) is 5.32 Å². The third kappa shape index (κ3) is 3.16. The van der Waals surface area contributed by atoms with Crippen molar-refractivity contribution in [1.29, 1.82) is 0 Å². The van der Waals surface area contributed by atoms with Crippen molar-refractivity contribution in [3.05, 3.63) is 59.5 Å². The normalized spacial score (nSPS) is 10.5. The minimum Gasteiger partial charge on any atom is -0.306 e. The Morgan fingerprint density at radius 2 is 2.05 bits per heavy atom. The number of hydrogen-bond acceptors (Lipinski definition) is 2. The van der Waals surface area contributed by atoms with Gasteiger partial charge < -0.3 is 5.32 Å². The fourth-order valence-corrected chi connectivity index (χ4v) is 1.70. The third-order valence-electron chi connectivity index (χ3n) is 2.81. The third-order valence-corrected chi connectivity index (χ3v) is 2.81. The topological polar surface area (TPSA) is 42.0 Å². The molecule has 0 unspecified atom stereocenters. The Kier molecular flexibility index (Phi) is 3.90. The molecule has 3 nitrogen and oxygen atoms in total. The van der Waals surface area contributed by atoms with Crippen LogP contribution in [0.5, 0.6) is 0 Å². The first-order valence-electron chi connectivity index (χ1n) is 6.09. The largest absolute Gasteiger partial charge is 0.306 e. The number of aromatic nitrogens is 1. The zero-order valence-corrected chi connectivity index (χ0v) is 10.9. The van der Waals surface area contributed by atoms with Crippen LogP contribution in [0, 0.1) is 5.82 Å². The predicted octanol–water partition coefficient (Wildman–Crippen LogP) is 3.60. The van der Waals surface area contributed by atoms with Crippen LogP contribution in [0.4, 0.5) is 10.2 Å². The Hall–Kier alpha value is -2.23. The summed E-state index contributed by atoms with van der Waals surface area (Å²) in [6.45, 7) is 3.99. The van der Waals surface area contributed by atoms with Crippen LogP contribution in [0.3, 0.4) is 0 Å². The summed E-state index contributed by atoms with van der Waals surface area (Å²) >= 11 is 0. The number of halogens is 1. The number of hydrogen-bond donors (Lipinski definition) is 1. The lowest BCUT2D eigenvalue weighted by atomic mass is 10.0. The van der Waals surface area contributed by atoms with Gasteiger partial charge in [-0.3, -0.25) is 4.79 Å². The number of nitrogens with zero attached hydrogens (tertiary/aromatic N) is 1. The number of benzene rings is 1. The van der Waals surface area contributed by atoms with Gasteiger partial charge >= 0.3 is 0 Å². The van der Waals surface area contributed by atoms with Crippen molar-refractivity contribution in [2.24, 2.45) is 0 Å². The Balaban J connectivity index is 2.26. The van der Waals surface area contributed by atoms with Crippen molar-refractivity contribution >= 4 is 11.7 Å². The summed E-state index contributed by atoms with van der Waals surface area (Å²) in [7, 11) is 0. The molecular weight excluding hydrogens is 243 g/mol. The van der Waals surface area contributed by atoms with Crippen LogP contribution < -0.4 is 5.32 Å². The number of carbonyl (C=O) groups excluding carboxylic acids is 1. The molecule has 1 amide bonds. The van der Waals surface area contributed by atoms with Crippen molar-refractivity contribution in [1.82, 2.24) is 4.98 Å². The molecule has 0 saturated heterocycles. The van der Waals surface area contributed by atoms with Crippen LogP contribution in [0.15, 0.2) is 42.6 Å². The highest BCUT2D eigenvalue weighted by atomic mass is 19.1. The number of amides is 1. The fourth-order valence-electron chi connectivity index (χ4n) is 1.70. The molecule has 98 valence electrons. The molecule has 0 spiro atoms. The number of carbonyl (C=O) groups is 1. The molecule has 1 aromatic carbocycles. The van der Waals surface area contributed by atoms with Gasteiger partial charge in [-0.15, -0.1) is 0 Å². The van der Waals surface area contributed by atoms with Crippen LogP contribution in [-0.2, 0) is 0 Å². The van der Waals surface area contributed by atoms with Crippen molar-refractivity contribution in [3.63, 3.8) is 0 Å². The average Bonchev–Trinajstić information content (AvgIpc) is 2.40. The molecule has 4 heteroatoms. The number of pyridine rings is 1. The minimum absolute atomic E-state index is 0.0388. The second-order valence-electron chi connectivity index (χ2n) is 4.56. The van der Waals surface area contributed by atoms with Gasteiger partial charge in [0.2, 0.25) is 0 Å². The first-order chi connectivity index (χ1) is 9.08. The quantitative estimate of drug-likeness (QED) is 0.914. The zero-order chi connectivity index (χ0) is 13.8. The highest BCUT2D eigenvalue weighted by molar-refractivity contribution is 6.04. The highest BCUT2D eigenvalue weighted by Crippen LogP contribution is 2.19. The standard InChI is InChI=1S/C15H15FN2O/c1-10(2)11-6-7-13(16)12(9-11)15(19)18-14-5-3-4-8-17-14/h3-10H,1-2H3,(H,17,18,19). The molecule has 0 bridgehead atoms. The molecular formula is C15H15FN2O. The van der Waals surface area contributed by atoms with E-state index in [1.807, 2.05) is 13.8 Å². The van der Waals surface area contributed by atoms with Gasteiger partial charge in [-0.2, -0.15) is 0 Å². The Morgan fingerprint density at radius 1 is 1.26 bits per heavy atom. The van der Waals surface area contributed by atoms with E-state index in [4.69, 9.17) is 0 Å². The molecule has 1 heterocycles. The number of anilines is 1. The van der Waals surface area contributed by atoms with Crippen LogP contribution in [0.1, 0.15) is 35.7 Å². The molecule has 0 radical (unpaired) electrons. The molecule has 0 aliphatic carbocycles. The lowest BCUT2D eigenvalue weighted by molar-refractivity contribution is 0.102. The molecule has 1 aromatic heterocycles. The van der Waals surface area contributed by atoms with Gasteiger partial charge in [0.05, 0.1) is 5.56 Å². The molecule has 0 fully saturated rings. The number of nitrogens with one attached hydrogen (secondary N) is 1. The monoisotopic (exact) mass is 258 g/mol. The van der Waals surface area contributed by atoms with Gasteiger partial charge in [-0.25, -0.2) is 9.37 Å². The summed E-state index contributed by atoms with van der Waals surface area (Å²) in [5.74, 6) is -0.375. The summed E-state index contributed by atoms with van der Waals surface area (Å²) in [6.07, 6.45) is 1.57. The molecule has 2 rings (SSSR count). The van der Waals surface area contributed by atoms with Gasteiger partial charge in [0, 0.05) is 6.20 Å². The maximum absolute atomic E-state index is 13.7. The summed E-state index contributed by atoms with van der Waals surface area (Å²) < 4.78 is 13.7. The molecule has 0 aliphatic heterocycles. The van der Waals surface area contributed by atoms with Gasteiger partial charge in [-0.1, -0.05) is 26.0 Å². The van der Waals surface area contributed by atoms with Crippen molar-refractivity contribution in [3.8, 4) is 0 Å². The molecule has 2 aromatic rings. The van der Waals surface area contributed by atoms with Crippen molar-refractivity contribution in [2.45, 2.75) is 19.8 Å². The summed E-state index contributed by atoms with van der Waals surface area (Å²) in [5, 5.41) is 2.58. The van der Waals surface area contributed by atoms with Crippen LogP contribution >= 0.6 is 0 Å². The van der Waals surface area contributed by atoms with E-state index in [0.717, 1.165) is 5.56 Å². The molecule has 0 aliphatic rings. The van der Waals surface area contributed by atoms with E-state index in [0.29, 0.717) is 5.82 Å². The lowest BCUT2D eigenvalue weighted by Gasteiger charge is -2.09. The van der Waals surface area contributed by atoms with Gasteiger partial charge in [0.25, 0.3) is 5.91 Å². The van der Waals surface area contributed by atoms with Gasteiger partial charge in [0.1, 0.15) is 11.6 Å². The van der Waals surface area contributed by atoms with E-state index < -0.39 is 11.7 Å². The van der Waals surface area contributed by atoms with Crippen LogP contribution in [0.25, 0.3) is 0 Å². The van der Waals surface area contributed by atoms with E-state index in [1.165, 1.54) is 6.07 Å². The maximum Gasteiger partial charge on any atom is 0.259 e. The SMILES string of the molecule is CC(C)c1ccc(F)c(C(=O)Nc2ccccn2)c1. The van der Waals surface area contributed by atoms with Crippen molar-refractivity contribution < 1.29 is 9.18 Å². The van der Waals surface area contributed by atoms with Gasteiger partial charge in [-0.05, 0) is 35.7 Å². The highest BCUT2D eigenvalue weighted by Gasteiger charge is 2.14. The Morgan fingerprint density at radius 3 is 2.68 bits per heavy atom. The van der Waals surface area contributed by atoms with Gasteiger partial charge in [0.15, 0.2) is 0 Å². The Bertz CT molecular complexity index is 582. The smallest absolute Gasteiger partial charge is 0.259 e. The molecule has 19 heavy (non-hydrogen) atoms. The minimum atomic E-state index is -0.530. The molecule has 0 saturated carbocycles. The maximum atomic E-state index is 13.7. The predicted molar refractivity (Wildman–Crippen MR) is 72.7 cm³/mol. The Labute approximate surface area is 111 Å². The molecule has 0 atom stereocenters. The van der Waals surface area contributed by atoms with E-state index >= 15 is 0 Å². The second kappa shape index (κ2) is 5.61. The molecule has 1 N–H and O–H groups in total. The van der Waals surface area contributed by atoms with E-state index in [2.05, 4.69) is 10.3 Å². The summed E-state index contributed by atoms with van der Waals surface area (Å²) in [4.78, 5) is 16.0. The average molecular weight is 258 g/mol. The van der Waals surface area contributed by atoms with Crippen LogP contribution in [0.2, 0.25) is 0 Å². The first kappa shape index (κ1) is 13.2. The van der Waals surface area contributed by atoms with Crippen LogP contribution in [-0.4, -0.2) is 10.9 Å². The summed E-state index contributed by atoms with van der Waals surface area (Å²) in [5.41, 5.74) is 0.962. The van der Waals surface area contributed by atoms with E-state index in [9.17, 15) is 9.18 Å². The fraction of sp³-hybridized carbons (Fsp3) is 0.200. The van der Waals surface area contributed by atoms with E-state index in [1.54, 1.807) is 36.5 Å². The first-order valence-corrected chi connectivity index (χ1v) is 6.09.